The lowest BCUT2D eigenvalue weighted by Crippen LogP contribution is -2.08. The summed E-state index contributed by atoms with van der Waals surface area (Å²) in [7, 11) is 0. The molecule has 0 aliphatic rings. The lowest BCUT2D eigenvalue weighted by Gasteiger charge is -2.03. The van der Waals surface area contributed by atoms with Gasteiger partial charge in [0.25, 0.3) is 0 Å². The topological polar surface area (TPSA) is 42.9 Å². The molecule has 1 aromatic carbocycles. The number of hydrogen-bond acceptors (Lipinski definition) is 3. The molecule has 0 aliphatic heterocycles. The van der Waals surface area contributed by atoms with Gasteiger partial charge in [0.05, 0.1) is 0 Å². The van der Waals surface area contributed by atoms with Gasteiger partial charge in [0, 0.05) is 18.8 Å². The van der Waals surface area contributed by atoms with E-state index < -0.39 is 0 Å². The predicted molar refractivity (Wildman–Crippen MR) is 66.0 cm³/mol. The molecule has 0 spiro atoms. The highest BCUT2D eigenvalue weighted by molar-refractivity contribution is 5.94. The van der Waals surface area contributed by atoms with E-state index in [-0.39, 0.29) is 11.6 Å². The van der Waals surface area contributed by atoms with Crippen LogP contribution in [0.3, 0.4) is 0 Å². The minimum atomic E-state index is -0.0457. The summed E-state index contributed by atoms with van der Waals surface area (Å²) < 4.78 is 0. The first kappa shape index (κ1) is 11.5. The van der Waals surface area contributed by atoms with Gasteiger partial charge in [0.15, 0.2) is 5.82 Å². The van der Waals surface area contributed by atoms with Crippen molar-refractivity contribution in [1.29, 1.82) is 0 Å². The van der Waals surface area contributed by atoms with E-state index in [0.29, 0.717) is 6.42 Å². The second kappa shape index (κ2) is 4.87. The fourth-order valence-corrected chi connectivity index (χ4v) is 1.88. The normalized spacial score (nSPS) is 10.2. The number of carbonyl (C=O) groups is 1. The van der Waals surface area contributed by atoms with E-state index in [1.165, 1.54) is 11.1 Å². The summed E-state index contributed by atoms with van der Waals surface area (Å²) in [5, 5.41) is 0. The molecule has 1 aromatic heterocycles. The lowest BCUT2D eigenvalue weighted by molar-refractivity contribution is 0.0983. The number of Topliss-reactive ketones (excluding diaryl/α,β-unsaturated/α-hetero) is 1. The molecule has 86 valence electrons. The SMILES string of the molecule is Cc1cc(C)cc(CC(=O)c2ncccn2)c1. The van der Waals surface area contributed by atoms with Crippen molar-refractivity contribution in [3.8, 4) is 0 Å². The molecule has 2 rings (SSSR count). The summed E-state index contributed by atoms with van der Waals surface area (Å²) >= 11 is 0. The summed E-state index contributed by atoms with van der Waals surface area (Å²) in [6.07, 6.45) is 3.52. The number of aryl methyl sites for hydroxylation is 2. The lowest BCUT2D eigenvalue weighted by atomic mass is 10.0. The van der Waals surface area contributed by atoms with Crippen molar-refractivity contribution in [3.05, 3.63) is 59.2 Å². The van der Waals surface area contributed by atoms with Crippen LogP contribution in [0.1, 0.15) is 27.3 Å². The molecule has 0 saturated carbocycles. The van der Waals surface area contributed by atoms with Crippen LogP contribution in [0.25, 0.3) is 0 Å². The molecule has 0 bridgehead atoms. The summed E-state index contributed by atoms with van der Waals surface area (Å²) in [5.41, 5.74) is 3.35. The monoisotopic (exact) mass is 226 g/mol. The van der Waals surface area contributed by atoms with Gasteiger partial charge in [-0.2, -0.15) is 0 Å². The Kier molecular flexibility index (Phi) is 3.28. The first-order valence-electron chi connectivity index (χ1n) is 5.52. The number of hydrogen-bond donors (Lipinski definition) is 0. The minimum absolute atomic E-state index is 0.0457. The zero-order valence-electron chi connectivity index (χ0n) is 9.97. The van der Waals surface area contributed by atoms with Crippen molar-refractivity contribution < 1.29 is 4.79 Å². The Morgan fingerprint density at radius 3 is 2.24 bits per heavy atom. The maximum atomic E-state index is 11.9. The Bertz CT molecular complexity index is 515. The van der Waals surface area contributed by atoms with Gasteiger partial charge in [-0.1, -0.05) is 29.3 Å². The Morgan fingerprint density at radius 1 is 1.06 bits per heavy atom. The van der Waals surface area contributed by atoms with Crippen LogP contribution >= 0.6 is 0 Å². The van der Waals surface area contributed by atoms with Gasteiger partial charge in [-0.15, -0.1) is 0 Å². The third-order valence-corrected chi connectivity index (χ3v) is 2.46. The van der Waals surface area contributed by atoms with Crippen molar-refractivity contribution >= 4 is 5.78 Å². The molecule has 3 nitrogen and oxygen atoms in total. The number of benzene rings is 1. The van der Waals surface area contributed by atoms with Gasteiger partial charge in [-0.05, 0) is 25.5 Å². The van der Waals surface area contributed by atoms with Crippen molar-refractivity contribution in [2.75, 3.05) is 0 Å². The fourth-order valence-electron chi connectivity index (χ4n) is 1.88. The van der Waals surface area contributed by atoms with Crippen LogP contribution in [0.5, 0.6) is 0 Å². The molecule has 17 heavy (non-hydrogen) atoms. The van der Waals surface area contributed by atoms with Crippen LogP contribution in [0.2, 0.25) is 0 Å². The molecule has 1 heterocycles. The van der Waals surface area contributed by atoms with E-state index in [0.717, 1.165) is 5.56 Å². The van der Waals surface area contributed by atoms with E-state index in [1.807, 2.05) is 26.0 Å². The molecule has 0 aliphatic carbocycles. The largest absolute Gasteiger partial charge is 0.290 e. The molecular weight excluding hydrogens is 212 g/mol. The summed E-state index contributed by atoms with van der Waals surface area (Å²) in [5.74, 6) is 0.238. The number of carbonyl (C=O) groups excluding carboxylic acids is 1. The molecule has 0 amide bonds. The summed E-state index contributed by atoms with van der Waals surface area (Å²) in [6, 6.07) is 7.84. The average molecular weight is 226 g/mol. The van der Waals surface area contributed by atoms with Crippen LogP contribution in [-0.4, -0.2) is 15.8 Å². The van der Waals surface area contributed by atoms with E-state index in [4.69, 9.17) is 0 Å². The number of rotatable bonds is 3. The number of aromatic nitrogens is 2. The highest BCUT2D eigenvalue weighted by Gasteiger charge is 2.09. The molecule has 2 aromatic rings. The maximum Gasteiger partial charge on any atom is 0.204 e. The smallest absolute Gasteiger partial charge is 0.204 e. The van der Waals surface area contributed by atoms with Gasteiger partial charge in [-0.25, -0.2) is 9.97 Å². The molecule has 3 heteroatoms. The molecule has 0 N–H and O–H groups in total. The van der Waals surface area contributed by atoms with Crippen molar-refractivity contribution in [1.82, 2.24) is 9.97 Å². The maximum absolute atomic E-state index is 11.9. The van der Waals surface area contributed by atoms with Crippen LogP contribution in [0.4, 0.5) is 0 Å². The highest BCUT2D eigenvalue weighted by atomic mass is 16.1. The third-order valence-electron chi connectivity index (χ3n) is 2.46. The quantitative estimate of drug-likeness (QED) is 0.755. The average Bonchev–Trinajstić information content (AvgIpc) is 2.28. The Balaban J connectivity index is 2.19. The first-order valence-corrected chi connectivity index (χ1v) is 5.52. The van der Waals surface area contributed by atoms with Gasteiger partial charge in [0.1, 0.15) is 0 Å². The van der Waals surface area contributed by atoms with Crippen molar-refractivity contribution in [2.45, 2.75) is 20.3 Å². The molecular formula is C14H14N2O. The predicted octanol–water partition coefficient (Wildman–Crippen LogP) is 2.52. The molecule has 0 atom stereocenters. The van der Waals surface area contributed by atoms with Crippen molar-refractivity contribution in [3.63, 3.8) is 0 Å². The molecule has 0 unspecified atom stereocenters. The second-order valence-electron chi connectivity index (χ2n) is 4.17. The standard InChI is InChI=1S/C14H14N2O/c1-10-6-11(2)8-12(7-10)9-13(17)14-15-4-3-5-16-14/h3-8H,9H2,1-2H3. The zero-order chi connectivity index (χ0) is 12.3. The molecule has 0 saturated heterocycles. The first-order chi connectivity index (χ1) is 8.15. The van der Waals surface area contributed by atoms with Gasteiger partial charge >= 0.3 is 0 Å². The Labute approximate surface area is 101 Å². The van der Waals surface area contributed by atoms with Crippen molar-refractivity contribution in [2.24, 2.45) is 0 Å². The zero-order valence-corrected chi connectivity index (χ0v) is 9.97. The van der Waals surface area contributed by atoms with E-state index in [9.17, 15) is 4.79 Å². The minimum Gasteiger partial charge on any atom is -0.290 e. The number of ketones is 1. The Hall–Kier alpha value is -2.03. The van der Waals surface area contributed by atoms with Gasteiger partial charge in [0.2, 0.25) is 5.78 Å². The molecule has 0 fully saturated rings. The van der Waals surface area contributed by atoms with E-state index in [2.05, 4.69) is 16.0 Å². The van der Waals surface area contributed by atoms with E-state index in [1.54, 1.807) is 18.5 Å². The second-order valence-corrected chi connectivity index (χ2v) is 4.17. The summed E-state index contributed by atoms with van der Waals surface area (Å²) in [4.78, 5) is 19.8. The van der Waals surface area contributed by atoms with Gasteiger partial charge in [-0.3, -0.25) is 4.79 Å². The van der Waals surface area contributed by atoms with Crippen LogP contribution in [0, 0.1) is 13.8 Å². The van der Waals surface area contributed by atoms with Crippen LogP contribution in [0.15, 0.2) is 36.7 Å². The van der Waals surface area contributed by atoms with Gasteiger partial charge < -0.3 is 0 Å². The van der Waals surface area contributed by atoms with Crippen LogP contribution < -0.4 is 0 Å². The fraction of sp³-hybridized carbons (Fsp3) is 0.214. The van der Waals surface area contributed by atoms with Crippen LogP contribution in [-0.2, 0) is 6.42 Å². The Morgan fingerprint density at radius 2 is 1.65 bits per heavy atom. The van der Waals surface area contributed by atoms with E-state index >= 15 is 0 Å². The highest BCUT2D eigenvalue weighted by Crippen LogP contribution is 2.10. The molecule has 0 radical (unpaired) electrons. The summed E-state index contributed by atoms with van der Waals surface area (Å²) in [6.45, 7) is 4.06. The number of nitrogens with zero attached hydrogens (tertiary/aromatic N) is 2. The third kappa shape index (κ3) is 2.97.